The molecule has 0 bridgehead atoms. The van der Waals surface area contributed by atoms with Crippen molar-refractivity contribution in [3.05, 3.63) is 48.3 Å². The third-order valence-electron chi connectivity index (χ3n) is 2.92. The third-order valence-corrected chi connectivity index (χ3v) is 3.86. The minimum absolute atomic E-state index is 0.357. The second kappa shape index (κ2) is 5.98. The summed E-state index contributed by atoms with van der Waals surface area (Å²) >= 11 is 1.35. The first kappa shape index (κ1) is 14.3. The molecule has 0 aliphatic rings. The molecule has 3 aromatic rings. The van der Waals surface area contributed by atoms with Gasteiger partial charge in [0.05, 0.1) is 11.8 Å². The average molecular weight is 317 g/mol. The van der Waals surface area contributed by atoms with Gasteiger partial charge in [0.1, 0.15) is 17.1 Å². The van der Waals surface area contributed by atoms with E-state index in [-0.39, 0.29) is 5.82 Å². The van der Waals surface area contributed by atoms with Gasteiger partial charge in [0.15, 0.2) is 5.13 Å². The van der Waals surface area contributed by atoms with Crippen molar-refractivity contribution in [3.8, 4) is 5.75 Å². The Balaban J connectivity index is 1.75. The number of carbonyl (C=O) groups excluding carboxylic acids is 1. The first-order valence-electron chi connectivity index (χ1n) is 6.43. The standard InChI is InChI=1S/C15H12FN3O2S/c1-21-11-3-2-4-12-13(11)18-15(22-12)19-14(20)17-10-7-5-9(16)6-8-10/h2-8H,1H3,(H2,17,18,19,20). The molecule has 0 saturated heterocycles. The van der Waals surface area contributed by atoms with Gasteiger partial charge in [-0.1, -0.05) is 17.4 Å². The SMILES string of the molecule is COc1cccc2sc(NC(=O)Nc3ccc(F)cc3)nc12. The van der Waals surface area contributed by atoms with E-state index in [0.717, 1.165) is 4.70 Å². The van der Waals surface area contributed by atoms with Crippen LogP contribution in [0.3, 0.4) is 0 Å². The molecule has 0 atom stereocenters. The number of aromatic nitrogens is 1. The van der Waals surface area contributed by atoms with Gasteiger partial charge in [-0.2, -0.15) is 0 Å². The first-order valence-corrected chi connectivity index (χ1v) is 7.24. The summed E-state index contributed by atoms with van der Waals surface area (Å²) in [6, 6.07) is 10.7. The van der Waals surface area contributed by atoms with Crippen LogP contribution in [0.1, 0.15) is 0 Å². The summed E-state index contributed by atoms with van der Waals surface area (Å²) in [6.07, 6.45) is 0. The van der Waals surface area contributed by atoms with Crippen LogP contribution in [-0.4, -0.2) is 18.1 Å². The van der Waals surface area contributed by atoms with Crippen LogP contribution in [0.5, 0.6) is 5.75 Å². The van der Waals surface area contributed by atoms with Crippen molar-refractivity contribution in [1.29, 1.82) is 0 Å². The molecule has 22 heavy (non-hydrogen) atoms. The Kier molecular flexibility index (Phi) is 3.88. The summed E-state index contributed by atoms with van der Waals surface area (Å²) in [5.41, 5.74) is 1.20. The highest BCUT2D eigenvalue weighted by Gasteiger charge is 2.11. The van der Waals surface area contributed by atoms with Gasteiger partial charge in [-0.3, -0.25) is 5.32 Å². The van der Waals surface area contributed by atoms with E-state index in [2.05, 4.69) is 15.6 Å². The maximum absolute atomic E-state index is 12.8. The molecule has 2 amide bonds. The molecule has 1 aromatic heterocycles. The number of rotatable bonds is 3. The maximum atomic E-state index is 12.8. The molecule has 0 aliphatic heterocycles. The molecular weight excluding hydrogens is 305 g/mol. The predicted molar refractivity (Wildman–Crippen MR) is 85.2 cm³/mol. The zero-order chi connectivity index (χ0) is 15.5. The number of urea groups is 1. The molecule has 3 rings (SSSR count). The van der Waals surface area contributed by atoms with Gasteiger partial charge in [0.25, 0.3) is 0 Å². The van der Waals surface area contributed by atoms with Gasteiger partial charge in [-0.05, 0) is 36.4 Å². The number of hydrogen-bond acceptors (Lipinski definition) is 4. The van der Waals surface area contributed by atoms with Crippen LogP contribution in [0.2, 0.25) is 0 Å². The number of hydrogen-bond donors (Lipinski definition) is 2. The summed E-state index contributed by atoms with van der Waals surface area (Å²) in [5, 5.41) is 5.72. The number of halogens is 1. The molecule has 0 fully saturated rings. The van der Waals surface area contributed by atoms with Gasteiger partial charge >= 0.3 is 6.03 Å². The highest BCUT2D eigenvalue weighted by Crippen LogP contribution is 2.32. The van der Waals surface area contributed by atoms with Crippen LogP contribution >= 0.6 is 11.3 Å². The fourth-order valence-electron chi connectivity index (χ4n) is 1.93. The number of ether oxygens (including phenoxy) is 1. The van der Waals surface area contributed by atoms with Crippen molar-refractivity contribution >= 4 is 38.4 Å². The normalized spacial score (nSPS) is 10.5. The number of benzene rings is 2. The third kappa shape index (κ3) is 2.99. The Bertz CT molecular complexity index is 817. The number of carbonyl (C=O) groups is 1. The van der Waals surface area contributed by atoms with E-state index in [0.29, 0.717) is 22.1 Å². The van der Waals surface area contributed by atoms with Gasteiger partial charge in [-0.15, -0.1) is 0 Å². The molecule has 0 saturated carbocycles. The Morgan fingerprint density at radius 2 is 1.95 bits per heavy atom. The second-order valence-electron chi connectivity index (χ2n) is 4.41. The average Bonchev–Trinajstić information content (AvgIpc) is 2.91. The fourth-order valence-corrected chi connectivity index (χ4v) is 2.81. The lowest BCUT2D eigenvalue weighted by atomic mass is 10.3. The quantitative estimate of drug-likeness (QED) is 0.765. The topological polar surface area (TPSA) is 63.2 Å². The van der Waals surface area contributed by atoms with Crippen molar-refractivity contribution in [2.75, 3.05) is 17.7 Å². The van der Waals surface area contributed by atoms with Crippen molar-refractivity contribution in [1.82, 2.24) is 4.98 Å². The van der Waals surface area contributed by atoms with Crippen molar-refractivity contribution in [2.45, 2.75) is 0 Å². The van der Waals surface area contributed by atoms with Crippen LogP contribution in [0, 0.1) is 5.82 Å². The van der Waals surface area contributed by atoms with Crippen LogP contribution < -0.4 is 15.4 Å². The van der Waals surface area contributed by atoms with Crippen molar-refractivity contribution < 1.29 is 13.9 Å². The van der Waals surface area contributed by atoms with Gasteiger partial charge < -0.3 is 10.1 Å². The van der Waals surface area contributed by atoms with E-state index in [4.69, 9.17) is 4.74 Å². The molecule has 0 spiro atoms. The van der Waals surface area contributed by atoms with Gasteiger partial charge in [-0.25, -0.2) is 14.2 Å². The molecule has 1 heterocycles. The Labute approximate surface area is 129 Å². The van der Waals surface area contributed by atoms with E-state index < -0.39 is 6.03 Å². The molecule has 0 radical (unpaired) electrons. The fraction of sp³-hybridized carbons (Fsp3) is 0.0667. The summed E-state index contributed by atoms with van der Waals surface area (Å²) in [6.45, 7) is 0. The number of amides is 2. The number of para-hydroxylation sites is 1. The summed E-state index contributed by atoms with van der Waals surface area (Å²) in [5.74, 6) is 0.296. The van der Waals surface area contributed by atoms with Gasteiger partial charge in [0, 0.05) is 5.69 Å². The number of methoxy groups -OCH3 is 1. The molecule has 5 nitrogen and oxygen atoms in total. The molecule has 7 heteroatoms. The molecule has 112 valence electrons. The van der Waals surface area contributed by atoms with E-state index >= 15 is 0 Å². The largest absolute Gasteiger partial charge is 0.494 e. The smallest absolute Gasteiger partial charge is 0.325 e. The maximum Gasteiger partial charge on any atom is 0.325 e. The number of anilines is 2. The zero-order valence-corrected chi connectivity index (χ0v) is 12.4. The van der Waals surface area contributed by atoms with Crippen LogP contribution in [0.15, 0.2) is 42.5 Å². The number of nitrogens with zero attached hydrogens (tertiary/aromatic N) is 1. The summed E-state index contributed by atoms with van der Waals surface area (Å²) in [4.78, 5) is 16.3. The minimum Gasteiger partial charge on any atom is -0.494 e. The predicted octanol–water partition coefficient (Wildman–Crippen LogP) is 4.09. The van der Waals surface area contributed by atoms with Crippen molar-refractivity contribution in [3.63, 3.8) is 0 Å². The summed E-state index contributed by atoms with van der Waals surface area (Å²) in [7, 11) is 1.57. The Morgan fingerprint density at radius 3 is 2.68 bits per heavy atom. The van der Waals surface area contributed by atoms with E-state index in [1.54, 1.807) is 7.11 Å². The lowest BCUT2D eigenvalue weighted by molar-refractivity contribution is 0.262. The second-order valence-corrected chi connectivity index (χ2v) is 5.44. The van der Waals surface area contributed by atoms with E-state index in [1.807, 2.05) is 18.2 Å². The number of fused-ring (bicyclic) bond motifs is 1. The highest BCUT2D eigenvalue weighted by atomic mass is 32.1. The van der Waals surface area contributed by atoms with Crippen LogP contribution in [0.4, 0.5) is 20.0 Å². The minimum atomic E-state index is -0.440. The molecule has 2 aromatic carbocycles. The zero-order valence-electron chi connectivity index (χ0n) is 11.6. The number of nitrogens with one attached hydrogen (secondary N) is 2. The highest BCUT2D eigenvalue weighted by molar-refractivity contribution is 7.22. The first-order chi connectivity index (χ1) is 10.7. The number of thiazole rings is 1. The molecule has 2 N–H and O–H groups in total. The van der Waals surface area contributed by atoms with Gasteiger partial charge in [0.2, 0.25) is 0 Å². The lowest BCUT2D eigenvalue weighted by Gasteiger charge is -2.04. The van der Waals surface area contributed by atoms with Crippen LogP contribution in [0.25, 0.3) is 10.2 Å². The van der Waals surface area contributed by atoms with Crippen molar-refractivity contribution in [2.24, 2.45) is 0 Å². The molecule has 0 unspecified atom stereocenters. The Hall–Kier alpha value is -2.67. The van der Waals surface area contributed by atoms with Crippen LogP contribution in [-0.2, 0) is 0 Å². The Morgan fingerprint density at radius 1 is 1.18 bits per heavy atom. The van der Waals surface area contributed by atoms with E-state index in [9.17, 15) is 9.18 Å². The molecule has 0 aliphatic carbocycles. The summed E-state index contributed by atoms with van der Waals surface area (Å²) < 4.78 is 19.0. The monoisotopic (exact) mass is 317 g/mol. The molecular formula is C15H12FN3O2S. The lowest BCUT2D eigenvalue weighted by Crippen LogP contribution is -2.19. The van der Waals surface area contributed by atoms with E-state index in [1.165, 1.54) is 35.6 Å².